The first kappa shape index (κ1) is 12.8. The molecule has 2 N–H and O–H groups in total. The van der Waals surface area contributed by atoms with Crippen molar-refractivity contribution in [3.05, 3.63) is 29.8 Å². The summed E-state index contributed by atoms with van der Waals surface area (Å²) in [6.45, 7) is -0.495. The van der Waals surface area contributed by atoms with E-state index in [2.05, 4.69) is 0 Å². The summed E-state index contributed by atoms with van der Waals surface area (Å²) in [5.74, 6) is 0. The van der Waals surface area contributed by atoms with Crippen LogP contribution in [0.25, 0.3) is 0 Å². The highest BCUT2D eigenvalue weighted by Crippen LogP contribution is 2.15. The Morgan fingerprint density at radius 3 is 2.25 bits per heavy atom. The number of halogens is 3. The average Bonchev–Trinajstić information content (AvgIpc) is 2.14. The molecule has 0 atom stereocenters. The number of anilines is 1. The topological polar surface area (TPSA) is 29.3 Å². The van der Waals surface area contributed by atoms with E-state index in [-0.39, 0.29) is 0 Å². The fourth-order valence-corrected chi connectivity index (χ4v) is 1.39. The molecule has 0 aliphatic carbocycles. The minimum Gasteiger partial charge on any atom is -0.399 e. The van der Waals surface area contributed by atoms with Gasteiger partial charge in [-0.2, -0.15) is 13.2 Å². The largest absolute Gasteiger partial charge is 0.401 e. The lowest BCUT2D eigenvalue weighted by Crippen LogP contribution is -2.32. The van der Waals surface area contributed by atoms with Crippen molar-refractivity contribution in [1.29, 1.82) is 0 Å². The van der Waals surface area contributed by atoms with Crippen molar-refractivity contribution >= 4 is 5.69 Å². The predicted octanol–water partition coefficient (Wildman–Crippen LogP) is 2.31. The fraction of sp³-hybridized carbons (Fsp3) is 0.455. The van der Waals surface area contributed by atoms with Crippen LogP contribution in [0.4, 0.5) is 18.9 Å². The minimum absolute atomic E-state index is 0.378. The number of rotatable bonds is 4. The van der Waals surface area contributed by atoms with Crippen LogP contribution in [0.3, 0.4) is 0 Å². The highest BCUT2D eigenvalue weighted by Gasteiger charge is 2.28. The van der Waals surface area contributed by atoms with E-state index < -0.39 is 12.7 Å². The maximum atomic E-state index is 12.0. The summed E-state index contributed by atoms with van der Waals surface area (Å²) in [5, 5.41) is 0. The van der Waals surface area contributed by atoms with E-state index >= 15 is 0 Å². The first-order valence-corrected chi connectivity index (χ1v) is 4.96. The Kier molecular flexibility index (Phi) is 4.18. The monoisotopic (exact) mass is 232 g/mol. The van der Waals surface area contributed by atoms with Crippen LogP contribution in [-0.2, 0) is 6.42 Å². The SMILES string of the molecule is CN(CCc1ccc(N)cc1)CC(F)(F)F. The third-order valence-electron chi connectivity index (χ3n) is 2.21. The third kappa shape index (κ3) is 5.02. The molecule has 16 heavy (non-hydrogen) atoms. The molecule has 5 heteroatoms. The van der Waals surface area contributed by atoms with Gasteiger partial charge in [0.1, 0.15) is 0 Å². The second-order valence-electron chi connectivity index (χ2n) is 3.84. The molecule has 2 nitrogen and oxygen atoms in total. The molecule has 0 aliphatic rings. The van der Waals surface area contributed by atoms with Crippen LogP contribution in [0.1, 0.15) is 5.56 Å². The molecule has 0 saturated heterocycles. The number of nitrogen functional groups attached to an aromatic ring is 1. The van der Waals surface area contributed by atoms with Gasteiger partial charge < -0.3 is 5.73 Å². The van der Waals surface area contributed by atoms with Gasteiger partial charge in [-0.05, 0) is 31.2 Å². The van der Waals surface area contributed by atoms with Gasteiger partial charge in [0.2, 0.25) is 0 Å². The van der Waals surface area contributed by atoms with Gasteiger partial charge >= 0.3 is 6.18 Å². The zero-order chi connectivity index (χ0) is 12.2. The molecular formula is C11H15F3N2. The Bertz CT molecular complexity index is 319. The lowest BCUT2D eigenvalue weighted by molar-refractivity contribution is -0.142. The lowest BCUT2D eigenvalue weighted by atomic mass is 10.1. The number of alkyl halides is 3. The number of likely N-dealkylation sites (N-methyl/N-ethyl adjacent to an activating group) is 1. The van der Waals surface area contributed by atoms with Crippen molar-refractivity contribution in [1.82, 2.24) is 4.90 Å². The first-order valence-electron chi connectivity index (χ1n) is 4.96. The molecule has 0 aromatic heterocycles. The summed E-state index contributed by atoms with van der Waals surface area (Å²) < 4.78 is 36.1. The van der Waals surface area contributed by atoms with Crippen LogP contribution in [0, 0.1) is 0 Å². The van der Waals surface area contributed by atoms with E-state index in [0.29, 0.717) is 18.7 Å². The summed E-state index contributed by atoms with van der Waals surface area (Å²) in [6.07, 6.45) is -3.54. The zero-order valence-electron chi connectivity index (χ0n) is 9.09. The number of hydrogen-bond donors (Lipinski definition) is 1. The normalized spacial score (nSPS) is 12.1. The quantitative estimate of drug-likeness (QED) is 0.807. The molecule has 90 valence electrons. The van der Waals surface area contributed by atoms with Gasteiger partial charge in [-0.25, -0.2) is 0 Å². The molecule has 1 aromatic carbocycles. The highest BCUT2D eigenvalue weighted by molar-refractivity contribution is 5.39. The summed E-state index contributed by atoms with van der Waals surface area (Å²) in [5.41, 5.74) is 7.16. The second-order valence-corrected chi connectivity index (χ2v) is 3.84. The molecule has 0 saturated carbocycles. The summed E-state index contributed by atoms with van der Waals surface area (Å²) in [7, 11) is 1.46. The molecule has 0 radical (unpaired) electrons. The minimum atomic E-state index is -4.13. The van der Waals surface area contributed by atoms with Gasteiger partial charge in [0.05, 0.1) is 6.54 Å². The van der Waals surface area contributed by atoms with Crippen LogP contribution < -0.4 is 5.73 Å². The van der Waals surface area contributed by atoms with E-state index in [9.17, 15) is 13.2 Å². The molecule has 0 heterocycles. The Morgan fingerprint density at radius 2 is 1.75 bits per heavy atom. The van der Waals surface area contributed by atoms with Gasteiger partial charge in [-0.1, -0.05) is 12.1 Å². The van der Waals surface area contributed by atoms with Crippen molar-refractivity contribution in [2.24, 2.45) is 0 Å². The molecule has 0 unspecified atom stereocenters. The van der Waals surface area contributed by atoms with E-state index in [4.69, 9.17) is 5.73 Å². The Morgan fingerprint density at radius 1 is 1.19 bits per heavy atom. The van der Waals surface area contributed by atoms with Crippen molar-refractivity contribution in [3.8, 4) is 0 Å². The van der Waals surface area contributed by atoms with Crippen molar-refractivity contribution in [3.63, 3.8) is 0 Å². The molecule has 1 rings (SSSR count). The number of hydrogen-bond acceptors (Lipinski definition) is 2. The molecule has 0 fully saturated rings. The Balaban J connectivity index is 2.37. The average molecular weight is 232 g/mol. The van der Waals surface area contributed by atoms with Gasteiger partial charge in [0.25, 0.3) is 0 Å². The number of nitrogens with zero attached hydrogens (tertiary/aromatic N) is 1. The van der Waals surface area contributed by atoms with Crippen LogP contribution >= 0.6 is 0 Å². The van der Waals surface area contributed by atoms with E-state index in [0.717, 1.165) is 5.56 Å². The van der Waals surface area contributed by atoms with Crippen LogP contribution in [0.2, 0.25) is 0 Å². The summed E-state index contributed by atoms with van der Waals surface area (Å²) in [6, 6.07) is 7.16. The summed E-state index contributed by atoms with van der Waals surface area (Å²) in [4.78, 5) is 1.26. The number of nitrogens with two attached hydrogens (primary N) is 1. The second kappa shape index (κ2) is 5.21. The lowest BCUT2D eigenvalue weighted by Gasteiger charge is -2.18. The van der Waals surface area contributed by atoms with E-state index in [1.807, 2.05) is 12.1 Å². The standard InChI is InChI=1S/C11H15F3N2/c1-16(8-11(12,13)14)7-6-9-2-4-10(15)5-3-9/h2-5H,6-8,15H2,1H3. The first-order chi connectivity index (χ1) is 7.37. The van der Waals surface area contributed by atoms with Crippen molar-refractivity contribution in [2.45, 2.75) is 12.6 Å². The highest BCUT2D eigenvalue weighted by atomic mass is 19.4. The van der Waals surface area contributed by atoms with Gasteiger partial charge in [0.15, 0.2) is 0 Å². The third-order valence-corrected chi connectivity index (χ3v) is 2.21. The molecular weight excluding hydrogens is 217 g/mol. The molecule has 0 bridgehead atoms. The Labute approximate surface area is 92.9 Å². The van der Waals surface area contributed by atoms with Gasteiger partial charge in [0, 0.05) is 12.2 Å². The molecule has 1 aromatic rings. The summed E-state index contributed by atoms with van der Waals surface area (Å²) >= 11 is 0. The number of benzene rings is 1. The smallest absolute Gasteiger partial charge is 0.399 e. The van der Waals surface area contributed by atoms with Gasteiger partial charge in [-0.3, -0.25) is 4.90 Å². The van der Waals surface area contributed by atoms with Crippen molar-refractivity contribution in [2.75, 3.05) is 25.9 Å². The molecule has 0 amide bonds. The van der Waals surface area contributed by atoms with Crippen LogP contribution in [0.5, 0.6) is 0 Å². The van der Waals surface area contributed by atoms with Crippen LogP contribution in [-0.4, -0.2) is 31.2 Å². The maximum absolute atomic E-state index is 12.0. The van der Waals surface area contributed by atoms with Crippen LogP contribution in [0.15, 0.2) is 24.3 Å². The maximum Gasteiger partial charge on any atom is 0.401 e. The molecule has 0 spiro atoms. The van der Waals surface area contributed by atoms with E-state index in [1.165, 1.54) is 11.9 Å². The fourth-order valence-electron chi connectivity index (χ4n) is 1.39. The van der Waals surface area contributed by atoms with E-state index in [1.54, 1.807) is 12.1 Å². The molecule has 0 aliphatic heterocycles. The predicted molar refractivity (Wildman–Crippen MR) is 58.1 cm³/mol. The van der Waals surface area contributed by atoms with Gasteiger partial charge in [-0.15, -0.1) is 0 Å². The Hall–Kier alpha value is -1.23. The zero-order valence-corrected chi connectivity index (χ0v) is 9.09. The van der Waals surface area contributed by atoms with Crippen molar-refractivity contribution < 1.29 is 13.2 Å².